The molecule has 0 aliphatic carbocycles. The van der Waals surface area contributed by atoms with Gasteiger partial charge in [0.2, 0.25) is 0 Å². The van der Waals surface area contributed by atoms with Crippen LogP contribution in [0.15, 0.2) is 12.3 Å². The van der Waals surface area contributed by atoms with Crippen molar-refractivity contribution in [1.82, 2.24) is 15.2 Å². The summed E-state index contributed by atoms with van der Waals surface area (Å²) in [7, 11) is 1.63. The van der Waals surface area contributed by atoms with Crippen molar-refractivity contribution in [1.29, 1.82) is 0 Å². The Morgan fingerprint density at radius 1 is 1.58 bits per heavy atom. The smallest absolute Gasteiger partial charge is 0.287 e. The molecule has 1 atom stereocenters. The predicted molar refractivity (Wildman–Crippen MR) is 70.0 cm³/mol. The number of nitrogens with zero attached hydrogens (tertiary/aromatic N) is 2. The largest absolute Gasteiger partial charge is 0.347 e. The zero-order valence-corrected chi connectivity index (χ0v) is 10.9. The molecule has 19 heavy (non-hydrogen) atoms. The van der Waals surface area contributed by atoms with Gasteiger partial charge in [-0.15, -0.1) is 0 Å². The van der Waals surface area contributed by atoms with Gasteiger partial charge in [-0.25, -0.2) is 0 Å². The molecule has 0 saturated carbocycles. The fourth-order valence-electron chi connectivity index (χ4n) is 2.27. The van der Waals surface area contributed by atoms with E-state index in [0.29, 0.717) is 5.69 Å². The number of nitro groups is 1. The first kappa shape index (κ1) is 13.5. The molecule has 0 bridgehead atoms. The van der Waals surface area contributed by atoms with Gasteiger partial charge in [-0.1, -0.05) is 6.42 Å². The molecule has 7 nitrogen and oxygen atoms in total. The zero-order chi connectivity index (χ0) is 13.8. The number of carbonyl (C=O) groups excluding carboxylic acids is 1. The number of nitrogens with one attached hydrogen (secondary N) is 2. The normalized spacial score (nSPS) is 19.7. The second kappa shape index (κ2) is 5.83. The number of amides is 1. The summed E-state index contributed by atoms with van der Waals surface area (Å²) in [6.07, 6.45) is 4.47. The second-order valence-corrected chi connectivity index (χ2v) is 4.82. The van der Waals surface area contributed by atoms with Crippen molar-refractivity contribution in [2.75, 3.05) is 13.1 Å². The van der Waals surface area contributed by atoms with Crippen LogP contribution in [0, 0.1) is 10.1 Å². The van der Waals surface area contributed by atoms with E-state index in [0.717, 1.165) is 32.4 Å². The van der Waals surface area contributed by atoms with E-state index < -0.39 is 4.92 Å². The summed E-state index contributed by atoms with van der Waals surface area (Å²) in [5, 5.41) is 16.9. The van der Waals surface area contributed by atoms with Gasteiger partial charge in [0.15, 0.2) is 0 Å². The maximum Gasteiger partial charge on any atom is 0.287 e. The molecular weight excluding hydrogens is 248 g/mol. The highest BCUT2D eigenvalue weighted by molar-refractivity contribution is 5.93. The summed E-state index contributed by atoms with van der Waals surface area (Å²) in [6, 6.07) is 1.39. The van der Waals surface area contributed by atoms with Crippen LogP contribution in [0.4, 0.5) is 5.69 Å². The molecule has 2 N–H and O–H groups in total. The van der Waals surface area contributed by atoms with Crippen molar-refractivity contribution in [3.8, 4) is 0 Å². The number of aryl methyl sites for hydroxylation is 1. The fraction of sp³-hybridized carbons (Fsp3) is 0.583. The highest BCUT2D eigenvalue weighted by Gasteiger charge is 2.20. The van der Waals surface area contributed by atoms with Gasteiger partial charge in [0.1, 0.15) is 5.69 Å². The van der Waals surface area contributed by atoms with E-state index >= 15 is 0 Å². The third kappa shape index (κ3) is 3.31. The SMILES string of the molecule is Cn1cc([N+](=O)[O-])cc1C(=O)NC1CCCCNC1. The maximum absolute atomic E-state index is 12.1. The van der Waals surface area contributed by atoms with Gasteiger partial charge >= 0.3 is 0 Å². The fourth-order valence-corrected chi connectivity index (χ4v) is 2.27. The van der Waals surface area contributed by atoms with Crippen LogP contribution in [-0.4, -0.2) is 34.5 Å². The van der Waals surface area contributed by atoms with E-state index in [2.05, 4.69) is 10.6 Å². The molecule has 2 rings (SSSR count). The molecule has 1 amide bonds. The Kier molecular flexibility index (Phi) is 4.16. The van der Waals surface area contributed by atoms with Crippen LogP contribution in [0.2, 0.25) is 0 Å². The molecule has 1 aliphatic heterocycles. The molecule has 104 valence electrons. The zero-order valence-electron chi connectivity index (χ0n) is 10.9. The van der Waals surface area contributed by atoms with Crippen molar-refractivity contribution in [2.24, 2.45) is 7.05 Å². The number of aromatic nitrogens is 1. The summed E-state index contributed by atoms with van der Waals surface area (Å²) in [5.41, 5.74) is 0.252. The molecule has 1 aliphatic rings. The van der Waals surface area contributed by atoms with Gasteiger partial charge < -0.3 is 15.2 Å². The van der Waals surface area contributed by atoms with Crippen molar-refractivity contribution in [2.45, 2.75) is 25.3 Å². The van der Waals surface area contributed by atoms with Crippen molar-refractivity contribution in [3.05, 3.63) is 28.1 Å². The van der Waals surface area contributed by atoms with E-state index in [1.165, 1.54) is 16.8 Å². The quantitative estimate of drug-likeness (QED) is 0.625. The number of hydrogen-bond donors (Lipinski definition) is 2. The van der Waals surface area contributed by atoms with Crippen LogP contribution in [0.25, 0.3) is 0 Å². The molecule has 1 aromatic rings. The molecule has 2 heterocycles. The van der Waals surface area contributed by atoms with Crippen molar-refractivity contribution < 1.29 is 9.72 Å². The van der Waals surface area contributed by atoms with Gasteiger partial charge in [0.25, 0.3) is 11.6 Å². The Hall–Kier alpha value is -1.89. The lowest BCUT2D eigenvalue weighted by Crippen LogP contribution is -2.41. The Bertz CT molecular complexity index is 475. The lowest BCUT2D eigenvalue weighted by molar-refractivity contribution is -0.384. The number of rotatable bonds is 3. The molecular formula is C12H18N4O3. The maximum atomic E-state index is 12.1. The molecule has 0 radical (unpaired) electrons. The van der Waals surface area contributed by atoms with Crippen LogP contribution in [0.1, 0.15) is 29.8 Å². The average Bonchev–Trinajstić information content (AvgIpc) is 2.58. The summed E-state index contributed by atoms with van der Waals surface area (Å²) in [6.45, 7) is 1.72. The average molecular weight is 266 g/mol. The van der Waals surface area contributed by atoms with Crippen LogP contribution in [-0.2, 0) is 7.05 Å². The van der Waals surface area contributed by atoms with Crippen LogP contribution in [0.3, 0.4) is 0 Å². The Morgan fingerprint density at radius 3 is 3.05 bits per heavy atom. The minimum atomic E-state index is -0.496. The summed E-state index contributed by atoms with van der Waals surface area (Å²) in [5.74, 6) is -0.260. The van der Waals surface area contributed by atoms with Crippen LogP contribution < -0.4 is 10.6 Å². The molecule has 0 aromatic carbocycles. The number of hydrogen-bond acceptors (Lipinski definition) is 4. The topological polar surface area (TPSA) is 89.2 Å². The highest BCUT2D eigenvalue weighted by Crippen LogP contribution is 2.15. The second-order valence-electron chi connectivity index (χ2n) is 4.82. The Balaban J connectivity index is 2.04. The molecule has 0 spiro atoms. The Morgan fingerprint density at radius 2 is 2.37 bits per heavy atom. The first-order valence-corrected chi connectivity index (χ1v) is 6.40. The first-order chi connectivity index (χ1) is 9.08. The molecule has 1 saturated heterocycles. The van der Waals surface area contributed by atoms with Crippen LogP contribution in [0.5, 0.6) is 0 Å². The lowest BCUT2D eigenvalue weighted by Gasteiger charge is -2.16. The third-order valence-electron chi connectivity index (χ3n) is 3.32. The van der Waals surface area contributed by atoms with E-state index in [9.17, 15) is 14.9 Å². The van der Waals surface area contributed by atoms with Gasteiger partial charge in [0.05, 0.1) is 11.1 Å². The summed E-state index contributed by atoms with van der Waals surface area (Å²) >= 11 is 0. The van der Waals surface area contributed by atoms with Crippen LogP contribution >= 0.6 is 0 Å². The lowest BCUT2D eigenvalue weighted by atomic mass is 10.1. The van der Waals surface area contributed by atoms with E-state index in [1.54, 1.807) is 7.05 Å². The van der Waals surface area contributed by atoms with Gasteiger partial charge in [0, 0.05) is 25.7 Å². The van der Waals surface area contributed by atoms with Gasteiger partial charge in [-0.3, -0.25) is 14.9 Å². The molecule has 1 aromatic heterocycles. The summed E-state index contributed by atoms with van der Waals surface area (Å²) < 4.78 is 1.48. The third-order valence-corrected chi connectivity index (χ3v) is 3.32. The van der Waals surface area contributed by atoms with Gasteiger partial charge in [-0.2, -0.15) is 0 Å². The van der Waals surface area contributed by atoms with Crippen molar-refractivity contribution in [3.63, 3.8) is 0 Å². The Labute approximate surface area is 111 Å². The van der Waals surface area contributed by atoms with E-state index in [-0.39, 0.29) is 17.6 Å². The predicted octanol–water partition coefficient (Wildman–Crippen LogP) is 0.805. The highest BCUT2D eigenvalue weighted by atomic mass is 16.6. The first-order valence-electron chi connectivity index (χ1n) is 6.40. The van der Waals surface area contributed by atoms with E-state index in [1.807, 2.05) is 0 Å². The monoisotopic (exact) mass is 266 g/mol. The minimum Gasteiger partial charge on any atom is -0.347 e. The molecule has 7 heteroatoms. The minimum absolute atomic E-state index is 0.0633. The standard InChI is InChI=1S/C12H18N4O3/c1-15-8-10(16(18)19)6-11(15)12(17)14-9-4-2-3-5-13-7-9/h6,8-9,13H,2-5,7H2,1H3,(H,14,17). The van der Waals surface area contributed by atoms with E-state index in [4.69, 9.17) is 0 Å². The molecule has 1 fully saturated rings. The van der Waals surface area contributed by atoms with Crippen molar-refractivity contribution >= 4 is 11.6 Å². The number of carbonyl (C=O) groups is 1. The van der Waals surface area contributed by atoms with Gasteiger partial charge in [-0.05, 0) is 19.4 Å². The summed E-state index contributed by atoms with van der Waals surface area (Å²) in [4.78, 5) is 22.3. The molecule has 1 unspecified atom stereocenters.